The van der Waals surface area contributed by atoms with Crippen LogP contribution in [0, 0.1) is 0 Å². The fourth-order valence-electron chi connectivity index (χ4n) is 2.60. The highest BCUT2D eigenvalue weighted by Gasteiger charge is 2.47. The third-order valence-corrected chi connectivity index (χ3v) is 7.07. The van der Waals surface area contributed by atoms with E-state index in [0.717, 1.165) is 0 Å². The number of rotatable bonds is 17. The predicted octanol–water partition coefficient (Wildman–Crippen LogP) is 4.42. The average molecular weight is 992 g/mol. The van der Waals surface area contributed by atoms with Gasteiger partial charge in [-0.05, 0) is 41.5 Å². The minimum absolute atomic E-state index is 0.666. The second-order valence-corrected chi connectivity index (χ2v) is 17.0. The van der Waals surface area contributed by atoms with Crippen LogP contribution in [-0.2, 0) is 57.2 Å². The molecule has 0 aliphatic rings. The van der Waals surface area contributed by atoms with Gasteiger partial charge < -0.3 is 28.4 Å². The van der Waals surface area contributed by atoms with Gasteiger partial charge >= 0.3 is 35.8 Å². The Bertz CT molecular complexity index is 867. The van der Waals surface area contributed by atoms with E-state index >= 15 is 0 Å². The minimum atomic E-state index is -1.75. The minimum Gasteiger partial charge on any atom is -0.461 e. The molecule has 0 aliphatic heterocycles. The lowest BCUT2D eigenvalue weighted by molar-refractivity contribution is -0.208. The van der Waals surface area contributed by atoms with Crippen LogP contribution in [0.1, 0.15) is 41.5 Å². The number of ether oxygens (including phenoxy) is 6. The normalized spacial score (nSPS) is 18.3. The van der Waals surface area contributed by atoms with Crippen LogP contribution in [0.25, 0.3) is 0 Å². The van der Waals surface area contributed by atoms with Gasteiger partial charge in [0.05, 0.1) is 0 Å². The second-order valence-electron chi connectivity index (χ2n) is 8.71. The third-order valence-electron chi connectivity index (χ3n) is 4.82. The zero-order valence-corrected chi connectivity index (χ0v) is 32.9. The zero-order valence-electron chi connectivity index (χ0n) is 23.4. The molecule has 42 heavy (non-hydrogen) atoms. The van der Waals surface area contributed by atoms with Crippen molar-refractivity contribution >= 4 is 131 Å². The van der Waals surface area contributed by atoms with Gasteiger partial charge in [-0.2, -0.15) is 0 Å². The molecule has 0 N–H and O–H groups in total. The first kappa shape index (κ1) is 41.7. The Hall–Kier alpha value is -0.300. The lowest BCUT2D eigenvalue weighted by Crippen LogP contribution is -2.56. The summed E-state index contributed by atoms with van der Waals surface area (Å²) >= 11 is 18.5. The summed E-state index contributed by atoms with van der Waals surface area (Å²) in [6.45, 7) is 7.45. The lowest BCUT2D eigenvalue weighted by atomic mass is 10.0. The van der Waals surface area contributed by atoms with Crippen molar-refractivity contribution in [1.29, 1.82) is 0 Å². The highest BCUT2D eigenvalue weighted by molar-refractivity contribution is 9.10. The van der Waals surface area contributed by atoms with Crippen LogP contribution in [-0.4, -0.2) is 102 Å². The van der Waals surface area contributed by atoms with E-state index in [-0.39, 0.29) is 0 Å². The number of carbonyl (C=O) groups is 6. The van der Waals surface area contributed by atoms with Crippen LogP contribution in [0.5, 0.6) is 0 Å². The van der Waals surface area contributed by atoms with E-state index < -0.39 is 102 Å². The summed E-state index contributed by atoms with van der Waals surface area (Å²) in [6, 6.07) is 0. The van der Waals surface area contributed by atoms with Gasteiger partial charge in [-0.15, -0.1) is 0 Å². The summed E-state index contributed by atoms with van der Waals surface area (Å²) in [6.07, 6.45) is -6.69. The molecule has 0 amide bonds. The highest BCUT2D eigenvalue weighted by Crippen LogP contribution is 2.24. The van der Waals surface area contributed by atoms with Gasteiger partial charge in [-0.3, -0.25) is 28.8 Å². The van der Waals surface area contributed by atoms with Crippen molar-refractivity contribution in [2.45, 2.75) is 94.9 Å². The Morgan fingerprint density at radius 1 is 0.405 bits per heavy atom. The van der Waals surface area contributed by atoms with E-state index in [0.29, 0.717) is 0 Å². The molecule has 0 aromatic heterocycles. The maximum absolute atomic E-state index is 12.9. The van der Waals surface area contributed by atoms with Gasteiger partial charge in [0, 0.05) is 0 Å². The summed E-state index contributed by atoms with van der Waals surface area (Å²) in [5.41, 5.74) is 0. The van der Waals surface area contributed by atoms with Crippen molar-refractivity contribution in [3.63, 3.8) is 0 Å². The van der Waals surface area contributed by atoms with Crippen molar-refractivity contribution in [3.05, 3.63) is 0 Å². The third kappa shape index (κ3) is 15.6. The van der Waals surface area contributed by atoms with Gasteiger partial charge in [0.25, 0.3) is 0 Å². The Morgan fingerprint density at radius 2 is 0.619 bits per heavy atom. The maximum atomic E-state index is 12.9. The molecule has 0 radical (unpaired) electrons. The Balaban J connectivity index is 7.12. The van der Waals surface area contributed by atoms with Gasteiger partial charge in [-0.25, -0.2) is 0 Å². The molecule has 0 saturated heterocycles. The Kier molecular flexibility index (Phi) is 20.5. The van der Waals surface area contributed by atoms with Gasteiger partial charge in [-0.1, -0.05) is 95.6 Å². The van der Waals surface area contributed by atoms with E-state index in [2.05, 4.69) is 95.6 Å². The molecule has 10 atom stereocenters. The van der Waals surface area contributed by atoms with Crippen LogP contribution in [0.2, 0.25) is 0 Å². The predicted molar refractivity (Wildman–Crippen MR) is 172 cm³/mol. The fraction of sp³-hybridized carbons (Fsp3) is 0.750. The lowest BCUT2D eigenvalue weighted by Gasteiger charge is -2.36. The zero-order chi connectivity index (χ0) is 32.9. The Morgan fingerprint density at radius 3 is 0.833 bits per heavy atom. The van der Waals surface area contributed by atoms with Crippen LogP contribution in [0.15, 0.2) is 0 Å². The fourth-order valence-corrected chi connectivity index (χ4v) is 3.30. The number of hydrogen-bond donors (Lipinski definition) is 0. The summed E-state index contributed by atoms with van der Waals surface area (Å²) in [4.78, 5) is 70.7. The monoisotopic (exact) mass is 986 g/mol. The topological polar surface area (TPSA) is 158 Å². The highest BCUT2D eigenvalue weighted by atomic mass is 79.9. The van der Waals surface area contributed by atoms with Crippen LogP contribution < -0.4 is 0 Å². The van der Waals surface area contributed by atoms with E-state index in [1.807, 2.05) is 0 Å². The molecule has 0 saturated carbocycles. The average Bonchev–Trinajstić information content (AvgIpc) is 2.89. The van der Waals surface area contributed by atoms with Crippen LogP contribution in [0.3, 0.4) is 0 Å². The van der Waals surface area contributed by atoms with Crippen molar-refractivity contribution in [2.24, 2.45) is 0 Å². The van der Waals surface area contributed by atoms with Crippen molar-refractivity contribution in [3.8, 4) is 0 Å². The largest absolute Gasteiger partial charge is 0.461 e. The second kappa shape index (κ2) is 20.7. The Labute approximate surface area is 294 Å². The van der Waals surface area contributed by atoms with Crippen molar-refractivity contribution < 1.29 is 57.2 Å². The first-order valence-electron chi connectivity index (χ1n) is 12.3. The molecule has 0 rings (SSSR count). The number of esters is 6. The van der Waals surface area contributed by atoms with E-state index in [9.17, 15) is 28.8 Å². The van der Waals surface area contributed by atoms with Crippen LogP contribution >= 0.6 is 95.6 Å². The quantitative estimate of drug-likeness (QED) is 0.115. The molecule has 242 valence electrons. The SMILES string of the molecule is CC(Br)C(=O)OCC(OC(=O)C(C)Br)C(OC(=O)C(C)Br)C(OC(=O)C(C)Br)C(COC(=O)C(C)Br)OC(=O)C(C)Br. The molecular weight excluding hydrogens is 960 g/mol. The smallest absolute Gasteiger partial charge is 0.319 e. The molecule has 0 spiro atoms. The number of alkyl halides is 6. The molecule has 0 bridgehead atoms. The molecule has 0 heterocycles. The molecular formula is C24H32Br6O12. The van der Waals surface area contributed by atoms with Gasteiger partial charge in [0.15, 0.2) is 24.4 Å². The maximum Gasteiger partial charge on any atom is 0.319 e. The number of halogens is 6. The number of carbonyl (C=O) groups excluding carboxylic acids is 6. The van der Waals surface area contributed by atoms with Crippen molar-refractivity contribution in [1.82, 2.24) is 0 Å². The standard InChI is InChI=1S/C24H32Br6O12/c1-9(25)19(31)37-7-15(39-21(33)11(3)27)17(41-23(35)13(5)29)18(42-24(36)14(6)30)16(40-22(34)12(4)28)8-38-20(32)10(2)26/h9-18H,7-8H2,1-6H3. The molecule has 0 aromatic rings. The summed E-state index contributed by atoms with van der Waals surface area (Å²) in [7, 11) is 0. The van der Waals surface area contributed by atoms with Gasteiger partial charge in [0.1, 0.15) is 42.2 Å². The summed E-state index contributed by atoms with van der Waals surface area (Å²) < 4.78 is 32.9. The summed E-state index contributed by atoms with van der Waals surface area (Å²) in [5.74, 6) is -4.99. The molecule has 0 aromatic carbocycles. The van der Waals surface area contributed by atoms with Gasteiger partial charge in [0.2, 0.25) is 0 Å². The molecule has 18 heteroatoms. The molecule has 12 nitrogen and oxygen atoms in total. The number of hydrogen-bond acceptors (Lipinski definition) is 12. The first-order valence-corrected chi connectivity index (χ1v) is 17.8. The molecule has 10 unspecified atom stereocenters. The van der Waals surface area contributed by atoms with Crippen molar-refractivity contribution in [2.75, 3.05) is 13.2 Å². The van der Waals surface area contributed by atoms with E-state index in [1.165, 1.54) is 41.5 Å². The van der Waals surface area contributed by atoms with E-state index in [1.54, 1.807) is 0 Å². The molecule has 0 fully saturated rings. The van der Waals surface area contributed by atoms with Crippen LogP contribution in [0.4, 0.5) is 0 Å². The summed E-state index contributed by atoms with van der Waals surface area (Å²) in [5, 5.41) is 0. The molecule has 0 aliphatic carbocycles. The van der Waals surface area contributed by atoms with E-state index in [4.69, 9.17) is 28.4 Å². The first-order chi connectivity index (χ1) is 19.3.